The number of hydrogen-bond donors (Lipinski definition) is 1. The normalized spacial score (nSPS) is 19.3. The second kappa shape index (κ2) is 7.69. The molecule has 24 heavy (non-hydrogen) atoms. The highest BCUT2D eigenvalue weighted by atomic mass is 16.4. The fraction of sp³-hybridized carbons (Fsp3) is 0.579. The van der Waals surface area contributed by atoms with Crippen molar-refractivity contribution in [1.82, 2.24) is 4.90 Å². The molecule has 1 amide bonds. The van der Waals surface area contributed by atoms with Crippen molar-refractivity contribution in [3.05, 3.63) is 29.8 Å². The zero-order valence-corrected chi connectivity index (χ0v) is 14.1. The molecular formula is C19H26N2O3. The monoisotopic (exact) mass is 330 g/mol. The Bertz CT molecular complexity index is 571. The van der Waals surface area contributed by atoms with Crippen molar-refractivity contribution in [2.24, 2.45) is 0 Å². The van der Waals surface area contributed by atoms with E-state index in [1.165, 1.54) is 43.4 Å². The molecule has 1 aromatic rings. The van der Waals surface area contributed by atoms with E-state index >= 15 is 0 Å². The number of carbonyl (C=O) groups excluding carboxylic acids is 1. The fourth-order valence-electron chi connectivity index (χ4n) is 3.85. The first kappa shape index (κ1) is 16.8. The van der Waals surface area contributed by atoms with Crippen LogP contribution in [0.4, 0.5) is 5.69 Å². The van der Waals surface area contributed by atoms with Crippen molar-refractivity contribution < 1.29 is 14.7 Å². The molecule has 0 bridgehead atoms. The summed E-state index contributed by atoms with van der Waals surface area (Å²) in [6.07, 6.45) is 6.28. The molecule has 130 valence electrons. The van der Waals surface area contributed by atoms with Crippen LogP contribution >= 0.6 is 0 Å². The smallest absolute Gasteiger partial charge is 0.312 e. The van der Waals surface area contributed by atoms with E-state index in [2.05, 4.69) is 29.2 Å². The van der Waals surface area contributed by atoms with Crippen LogP contribution in [-0.4, -0.2) is 48.1 Å². The summed E-state index contributed by atoms with van der Waals surface area (Å²) in [5, 5.41) is 8.72. The Morgan fingerprint density at radius 2 is 1.58 bits per heavy atom. The Balaban J connectivity index is 1.54. The summed E-state index contributed by atoms with van der Waals surface area (Å²) in [6.45, 7) is 2.70. The SMILES string of the molecule is O=C(O)CC(=O)N1CCN(c2ccc(C3CCCCC3)cc2)CC1. The maximum atomic E-state index is 11.8. The van der Waals surface area contributed by atoms with E-state index < -0.39 is 12.4 Å². The first-order valence-corrected chi connectivity index (χ1v) is 8.98. The molecule has 1 aliphatic heterocycles. The number of hydrogen-bond acceptors (Lipinski definition) is 3. The number of benzene rings is 1. The minimum atomic E-state index is -1.05. The Labute approximate surface area is 143 Å². The van der Waals surface area contributed by atoms with Gasteiger partial charge in [-0.2, -0.15) is 0 Å². The molecule has 0 unspecified atom stereocenters. The van der Waals surface area contributed by atoms with Crippen LogP contribution in [0.15, 0.2) is 24.3 Å². The molecule has 1 aliphatic carbocycles. The molecule has 2 fully saturated rings. The van der Waals surface area contributed by atoms with Gasteiger partial charge in [0.2, 0.25) is 5.91 Å². The van der Waals surface area contributed by atoms with E-state index in [1.54, 1.807) is 4.90 Å². The molecule has 5 heteroatoms. The maximum Gasteiger partial charge on any atom is 0.312 e. The van der Waals surface area contributed by atoms with Gasteiger partial charge in [-0.25, -0.2) is 0 Å². The van der Waals surface area contributed by atoms with E-state index in [1.807, 2.05) is 0 Å². The molecule has 1 saturated heterocycles. The predicted molar refractivity (Wildman–Crippen MR) is 93.3 cm³/mol. The van der Waals surface area contributed by atoms with Crippen molar-refractivity contribution in [2.75, 3.05) is 31.1 Å². The molecule has 1 heterocycles. The number of carboxylic acid groups (broad SMARTS) is 1. The number of carbonyl (C=O) groups is 2. The summed E-state index contributed by atoms with van der Waals surface area (Å²) in [6, 6.07) is 8.90. The number of nitrogens with zero attached hydrogens (tertiary/aromatic N) is 2. The van der Waals surface area contributed by atoms with Crippen LogP contribution in [0.1, 0.15) is 50.0 Å². The Hall–Kier alpha value is -2.04. The van der Waals surface area contributed by atoms with Gasteiger partial charge in [0, 0.05) is 31.9 Å². The average molecular weight is 330 g/mol. The molecule has 1 N–H and O–H groups in total. The third-order valence-corrected chi connectivity index (χ3v) is 5.27. The van der Waals surface area contributed by atoms with Crippen LogP contribution < -0.4 is 4.90 Å². The molecule has 1 aromatic carbocycles. The Morgan fingerprint density at radius 1 is 0.958 bits per heavy atom. The Morgan fingerprint density at radius 3 is 2.17 bits per heavy atom. The molecule has 0 atom stereocenters. The third kappa shape index (κ3) is 4.08. The number of rotatable bonds is 4. The van der Waals surface area contributed by atoms with Crippen molar-refractivity contribution in [1.29, 1.82) is 0 Å². The molecule has 0 radical (unpaired) electrons. The third-order valence-electron chi connectivity index (χ3n) is 5.27. The van der Waals surface area contributed by atoms with Gasteiger partial charge in [-0.3, -0.25) is 9.59 Å². The van der Waals surface area contributed by atoms with Crippen molar-refractivity contribution in [2.45, 2.75) is 44.4 Å². The summed E-state index contributed by atoms with van der Waals surface area (Å²) >= 11 is 0. The van der Waals surface area contributed by atoms with Gasteiger partial charge in [-0.15, -0.1) is 0 Å². The van der Waals surface area contributed by atoms with Gasteiger partial charge in [-0.05, 0) is 36.5 Å². The maximum absolute atomic E-state index is 11.8. The van der Waals surface area contributed by atoms with Crippen molar-refractivity contribution in [3.8, 4) is 0 Å². The molecule has 2 aliphatic rings. The van der Waals surface area contributed by atoms with Gasteiger partial charge in [0.15, 0.2) is 0 Å². The summed E-state index contributed by atoms with van der Waals surface area (Å²) in [5.74, 6) is -0.617. The molecule has 5 nitrogen and oxygen atoms in total. The van der Waals surface area contributed by atoms with Crippen molar-refractivity contribution >= 4 is 17.6 Å². The highest BCUT2D eigenvalue weighted by molar-refractivity contribution is 5.93. The highest BCUT2D eigenvalue weighted by Gasteiger charge is 2.23. The van der Waals surface area contributed by atoms with E-state index in [0.717, 1.165) is 19.0 Å². The average Bonchev–Trinajstić information content (AvgIpc) is 2.62. The number of amides is 1. The summed E-state index contributed by atoms with van der Waals surface area (Å²) in [4.78, 5) is 26.4. The van der Waals surface area contributed by atoms with Gasteiger partial charge < -0.3 is 14.9 Å². The summed E-state index contributed by atoms with van der Waals surface area (Å²) in [5.41, 5.74) is 2.65. The van der Waals surface area contributed by atoms with E-state index in [9.17, 15) is 9.59 Å². The van der Waals surface area contributed by atoms with Gasteiger partial charge >= 0.3 is 5.97 Å². The van der Waals surface area contributed by atoms with Gasteiger partial charge in [0.1, 0.15) is 6.42 Å². The zero-order chi connectivity index (χ0) is 16.9. The lowest BCUT2D eigenvalue weighted by Gasteiger charge is -2.36. The lowest BCUT2D eigenvalue weighted by Crippen LogP contribution is -2.49. The van der Waals surface area contributed by atoms with Crippen molar-refractivity contribution in [3.63, 3.8) is 0 Å². The first-order chi connectivity index (χ1) is 11.6. The van der Waals surface area contributed by atoms with E-state index in [0.29, 0.717) is 13.1 Å². The van der Waals surface area contributed by atoms with Crippen LogP contribution in [0.25, 0.3) is 0 Å². The standard InChI is InChI=1S/C19H26N2O3/c22-18(14-19(23)24)21-12-10-20(11-13-21)17-8-6-16(7-9-17)15-4-2-1-3-5-15/h6-9,15H,1-5,10-14H2,(H,23,24). The fourth-order valence-corrected chi connectivity index (χ4v) is 3.85. The van der Waals surface area contributed by atoms with Crippen LogP contribution in [0.5, 0.6) is 0 Å². The molecule has 0 aromatic heterocycles. The predicted octanol–water partition coefficient (Wildman–Crippen LogP) is 2.86. The minimum Gasteiger partial charge on any atom is -0.481 e. The van der Waals surface area contributed by atoms with E-state index in [-0.39, 0.29) is 5.91 Å². The van der Waals surface area contributed by atoms with Crippen LogP contribution in [0.3, 0.4) is 0 Å². The van der Waals surface area contributed by atoms with Crippen LogP contribution in [0, 0.1) is 0 Å². The number of piperazine rings is 1. The van der Waals surface area contributed by atoms with E-state index in [4.69, 9.17) is 5.11 Å². The first-order valence-electron chi connectivity index (χ1n) is 8.98. The summed E-state index contributed by atoms with van der Waals surface area (Å²) < 4.78 is 0. The lowest BCUT2D eigenvalue weighted by atomic mass is 9.84. The lowest BCUT2D eigenvalue weighted by molar-refractivity contribution is -0.144. The Kier molecular flexibility index (Phi) is 5.38. The van der Waals surface area contributed by atoms with Gasteiger partial charge in [0.05, 0.1) is 0 Å². The van der Waals surface area contributed by atoms with Gasteiger partial charge in [-0.1, -0.05) is 31.4 Å². The second-order valence-electron chi connectivity index (χ2n) is 6.86. The largest absolute Gasteiger partial charge is 0.481 e. The molecule has 0 spiro atoms. The topological polar surface area (TPSA) is 60.9 Å². The second-order valence-corrected chi connectivity index (χ2v) is 6.86. The van der Waals surface area contributed by atoms with Crippen LogP contribution in [-0.2, 0) is 9.59 Å². The quantitative estimate of drug-likeness (QED) is 0.863. The zero-order valence-electron chi connectivity index (χ0n) is 14.1. The highest BCUT2D eigenvalue weighted by Crippen LogP contribution is 2.33. The number of aliphatic carboxylic acids is 1. The molecular weight excluding hydrogens is 304 g/mol. The number of carboxylic acids is 1. The summed E-state index contributed by atoms with van der Waals surface area (Å²) in [7, 11) is 0. The molecule has 1 saturated carbocycles. The minimum absolute atomic E-state index is 0.283. The molecule has 3 rings (SSSR count). The van der Waals surface area contributed by atoms with Gasteiger partial charge in [0.25, 0.3) is 0 Å². The number of anilines is 1. The van der Waals surface area contributed by atoms with Crippen LogP contribution in [0.2, 0.25) is 0 Å².